The molecule has 1 aromatic heterocycles. The number of nitrogens with one attached hydrogen (secondary N) is 1. The summed E-state index contributed by atoms with van der Waals surface area (Å²) in [5, 5.41) is 13.2. The number of fused-ring (bicyclic) bond motifs is 2. The molecule has 0 radical (unpaired) electrons. The Morgan fingerprint density at radius 3 is 2.77 bits per heavy atom. The molecule has 124 valence electrons. The van der Waals surface area contributed by atoms with Crippen LogP contribution in [0.4, 0.5) is 13.2 Å². The zero-order chi connectivity index (χ0) is 16.1. The standard InChI is InChI=1S/C15H20F3NO2S/c1-8-7-14(4-5-19-8)12-10(3-6-21-14)11(9(2)20)13(22-12)15(16,17)18/h8-9,19-20H,3-7H2,1-2H3/t8-,9?,14+/m0/s1. The molecule has 1 spiro atoms. The Morgan fingerprint density at radius 1 is 1.45 bits per heavy atom. The van der Waals surface area contributed by atoms with E-state index in [4.69, 9.17) is 4.74 Å². The van der Waals surface area contributed by atoms with Crippen molar-refractivity contribution < 1.29 is 23.0 Å². The minimum atomic E-state index is -4.44. The first-order chi connectivity index (χ1) is 10.2. The molecule has 1 unspecified atom stereocenters. The fourth-order valence-corrected chi connectivity index (χ4v) is 5.18. The molecule has 22 heavy (non-hydrogen) atoms. The van der Waals surface area contributed by atoms with Crippen LogP contribution < -0.4 is 5.32 Å². The Bertz CT molecular complexity index is 570. The van der Waals surface area contributed by atoms with Gasteiger partial charge in [-0.25, -0.2) is 0 Å². The van der Waals surface area contributed by atoms with Gasteiger partial charge in [0.05, 0.1) is 12.7 Å². The molecule has 3 nitrogen and oxygen atoms in total. The first-order valence-electron chi connectivity index (χ1n) is 7.53. The molecular weight excluding hydrogens is 315 g/mol. The van der Waals surface area contributed by atoms with Gasteiger partial charge in [0.15, 0.2) is 0 Å². The van der Waals surface area contributed by atoms with Gasteiger partial charge in [0.25, 0.3) is 0 Å². The van der Waals surface area contributed by atoms with Crippen LogP contribution in [0.25, 0.3) is 0 Å². The molecule has 1 fully saturated rings. The van der Waals surface area contributed by atoms with E-state index in [-0.39, 0.29) is 11.6 Å². The second-order valence-electron chi connectivity index (χ2n) is 6.23. The van der Waals surface area contributed by atoms with Crippen molar-refractivity contribution in [3.63, 3.8) is 0 Å². The van der Waals surface area contributed by atoms with Crippen molar-refractivity contribution in [2.75, 3.05) is 13.2 Å². The maximum Gasteiger partial charge on any atom is 0.425 e. The second kappa shape index (κ2) is 5.47. The number of ether oxygens (including phenoxy) is 1. The Kier molecular flexibility index (Phi) is 4.04. The van der Waals surface area contributed by atoms with Gasteiger partial charge in [0, 0.05) is 16.5 Å². The molecule has 0 saturated carbocycles. The molecule has 3 atom stereocenters. The quantitative estimate of drug-likeness (QED) is 0.827. The predicted molar refractivity (Wildman–Crippen MR) is 78.0 cm³/mol. The Labute approximate surface area is 131 Å². The van der Waals surface area contributed by atoms with Gasteiger partial charge in [-0.05, 0) is 45.2 Å². The van der Waals surface area contributed by atoms with Crippen molar-refractivity contribution in [2.24, 2.45) is 0 Å². The van der Waals surface area contributed by atoms with Crippen molar-refractivity contribution >= 4 is 11.3 Å². The van der Waals surface area contributed by atoms with E-state index in [2.05, 4.69) is 5.32 Å². The number of alkyl halides is 3. The Morgan fingerprint density at radius 2 is 2.18 bits per heavy atom. The Hall–Kier alpha value is -0.630. The van der Waals surface area contributed by atoms with Gasteiger partial charge in [-0.2, -0.15) is 13.2 Å². The lowest BCUT2D eigenvalue weighted by Gasteiger charge is -2.43. The number of aliphatic hydroxyl groups is 1. The van der Waals surface area contributed by atoms with Crippen LogP contribution in [0, 0.1) is 0 Å². The lowest BCUT2D eigenvalue weighted by Crippen LogP contribution is -2.48. The van der Waals surface area contributed by atoms with Gasteiger partial charge in [0.1, 0.15) is 10.5 Å². The molecule has 1 saturated heterocycles. The van der Waals surface area contributed by atoms with Crippen LogP contribution in [0.3, 0.4) is 0 Å². The molecule has 3 heterocycles. The summed E-state index contributed by atoms with van der Waals surface area (Å²) in [5.41, 5.74) is 0.0878. The molecule has 2 N–H and O–H groups in total. The number of piperidine rings is 1. The zero-order valence-electron chi connectivity index (χ0n) is 12.6. The van der Waals surface area contributed by atoms with E-state index in [0.29, 0.717) is 36.3 Å². The fraction of sp³-hybridized carbons (Fsp3) is 0.733. The van der Waals surface area contributed by atoms with E-state index >= 15 is 0 Å². The van der Waals surface area contributed by atoms with Crippen LogP contribution in [0.2, 0.25) is 0 Å². The van der Waals surface area contributed by atoms with Gasteiger partial charge >= 0.3 is 6.18 Å². The van der Waals surface area contributed by atoms with E-state index in [0.717, 1.165) is 17.9 Å². The van der Waals surface area contributed by atoms with Crippen LogP contribution >= 0.6 is 11.3 Å². The summed E-state index contributed by atoms with van der Waals surface area (Å²) in [4.78, 5) is 0.0129. The number of hydrogen-bond acceptors (Lipinski definition) is 4. The molecule has 0 aromatic carbocycles. The third kappa shape index (κ3) is 2.58. The minimum Gasteiger partial charge on any atom is -0.389 e. The third-order valence-electron chi connectivity index (χ3n) is 4.52. The maximum absolute atomic E-state index is 13.4. The summed E-state index contributed by atoms with van der Waals surface area (Å²) in [6.45, 7) is 4.56. The molecule has 7 heteroatoms. The topological polar surface area (TPSA) is 41.5 Å². The number of thiophene rings is 1. The van der Waals surface area contributed by atoms with Crippen molar-refractivity contribution in [1.82, 2.24) is 5.32 Å². The average molecular weight is 335 g/mol. The van der Waals surface area contributed by atoms with Crippen molar-refractivity contribution in [2.45, 2.75) is 57.0 Å². The van der Waals surface area contributed by atoms with Crippen LogP contribution in [0.15, 0.2) is 0 Å². The molecule has 2 aliphatic rings. The highest BCUT2D eigenvalue weighted by Crippen LogP contribution is 2.52. The van der Waals surface area contributed by atoms with E-state index in [1.165, 1.54) is 6.92 Å². The molecule has 1 aromatic rings. The molecule has 0 amide bonds. The van der Waals surface area contributed by atoms with Crippen molar-refractivity contribution in [1.29, 1.82) is 0 Å². The summed E-state index contributed by atoms with van der Waals surface area (Å²) in [7, 11) is 0. The second-order valence-corrected chi connectivity index (χ2v) is 7.25. The third-order valence-corrected chi connectivity index (χ3v) is 6.00. The van der Waals surface area contributed by atoms with E-state index in [1.54, 1.807) is 0 Å². The van der Waals surface area contributed by atoms with Crippen molar-refractivity contribution in [3.05, 3.63) is 20.9 Å². The number of rotatable bonds is 1. The lowest BCUT2D eigenvalue weighted by molar-refractivity contribution is -0.135. The van der Waals surface area contributed by atoms with Crippen LogP contribution in [0.5, 0.6) is 0 Å². The van der Waals surface area contributed by atoms with E-state index in [1.807, 2.05) is 6.92 Å². The summed E-state index contributed by atoms with van der Waals surface area (Å²) >= 11 is 0.767. The molecule has 2 aliphatic heterocycles. The summed E-state index contributed by atoms with van der Waals surface area (Å²) < 4.78 is 46.1. The van der Waals surface area contributed by atoms with Crippen LogP contribution in [0.1, 0.15) is 53.7 Å². The largest absolute Gasteiger partial charge is 0.425 e. The summed E-state index contributed by atoms with van der Waals surface area (Å²) in [6, 6.07) is 0.200. The van der Waals surface area contributed by atoms with E-state index < -0.39 is 22.8 Å². The molecule has 0 aliphatic carbocycles. The van der Waals surface area contributed by atoms with Gasteiger partial charge in [-0.3, -0.25) is 0 Å². The van der Waals surface area contributed by atoms with Crippen LogP contribution in [-0.4, -0.2) is 24.3 Å². The summed E-state index contributed by atoms with van der Waals surface area (Å²) in [6.07, 6.45) is -3.79. The lowest BCUT2D eigenvalue weighted by atomic mass is 9.81. The highest BCUT2D eigenvalue weighted by molar-refractivity contribution is 7.12. The normalized spacial score (nSPS) is 30.4. The van der Waals surface area contributed by atoms with E-state index in [9.17, 15) is 18.3 Å². The molecule has 0 bridgehead atoms. The summed E-state index contributed by atoms with van der Waals surface area (Å²) in [5.74, 6) is 0. The Balaban J connectivity index is 2.15. The smallest absolute Gasteiger partial charge is 0.389 e. The van der Waals surface area contributed by atoms with Gasteiger partial charge < -0.3 is 15.2 Å². The zero-order valence-corrected chi connectivity index (χ0v) is 13.4. The number of aliphatic hydroxyl groups excluding tert-OH is 1. The molecule has 3 rings (SSSR count). The first kappa shape index (κ1) is 16.2. The van der Waals surface area contributed by atoms with Crippen molar-refractivity contribution in [3.8, 4) is 0 Å². The van der Waals surface area contributed by atoms with Gasteiger partial charge in [-0.15, -0.1) is 11.3 Å². The van der Waals surface area contributed by atoms with Crippen LogP contribution in [-0.2, 0) is 22.9 Å². The number of halogens is 3. The van der Waals surface area contributed by atoms with Gasteiger partial charge in [0.2, 0.25) is 0 Å². The van der Waals surface area contributed by atoms with Gasteiger partial charge in [-0.1, -0.05) is 0 Å². The predicted octanol–water partition coefficient (Wildman–Crippen LogP) is 3.36. The first-order valence-corrected chi connectivity index (χ1v) is 8.35. The highest BCUT2D eigenvalue weighted by Gasteiger charge is 2.48. The minimum absolute atomic E-state index is 0.0568. The molecular formula is C15H20F3NO2S. The highest BCUT2D eigenvalue weighted by atomic mass is 32.1. The monoisotopic (exact) mass is 335 g/mol. The SMILES string of the molecule is CC(O)c1c(C(F)(F)F)sc2c1CCO[C@@]21CCN[C@@H](C)C1. The fourth-order valence-electron chi connectivity index (χ4n) is 3.69. The number of hydrogen-bond donors (Lipinski definition) is 2. The maximum atomic E-state index is 13.4. The average Bonchev–Trinajstić information content (AvgIpc) is 2.80.